The Kier molecular flexibility index (Phi) is 4.53. The third-order valence-corrected chi connectivity index (χ3v) is 6.29. The van der Waals surface area contributed by atoms with Crippen molar-refractivity contribution in [1.82, 2.24) is 14.8 Å². The Bertz CT molecular complexity index is 1090. The van der Waals surface area contributed by atoms with Crippen LogP contribution in [0.4, 0.5) is 10.1 Å². The molecule has 3 heterocycles. The van der Waals surface area contributed by atoms with E-state index in [4.69, 9.17) is 0 Å². The lowest BCUT2D eigenvalue weighted by atomic mass is 10.2. The summed E-state index contributed by atoms with van der Waals surface area (Å²) in [4.78, 5) is 21.0. The maximum atomic E-state index is 13.4. The summed E-state index contributed by atoms with van der Waals surface area (Å²) in [5.74, 6) is -0.466. The van der Waals surface area contributed by atoms with Gasteiger partial charge in [0, 0.05) is 23.5 Å². The number of amides is 1. The molecule has 27 heavy (non-hydrogen) atoms. The Hall–Kier alpha value is -2.58. The molecule has 0 saturated carbocycles. The number of aromatic nitrogens is 3. The van der Waals surface area contributed by atoms with Gasteiger partial charge in [0.1, 0.15) is 10.6 Å². The van der Waals surface area contributed by atoms with Gasteiger partial charge in [-0.2, -0.15) is 5.10 Å². The fraction of sp³-hybridized carbons (Fsp3) is 0.211. The molecule has 0 aliphatic carbocycles. The van der Waals surface area contributed by atoms with E-state index < -0.39 is 0 Å². The molecule has 0 radical (unpaired) electrons. The number of carbonyl (C=O) groups is 1. The minimum Gasteiger partial charge on any atom is -0.302 e. The normalized spacial score (nSPS) is 11.3. The van der Waals surface area contributed by atoms with E-state index in [-0.39, 0.29) is 11.7 Å². The van der Waals surface area contributed by atoms with E-state index in [0.29, 0.717) is 17.1 Å². The van der Waals surface area contributed by atoms with Crippen LogP contribution in [0.5, 0.6) is 0 Å². The van der Waals surface area contributed by atoms with Crippen LogP contribution < -0.4 is 4.90 Å². The fourth-order valence-corrected chi connectivity index (χ4v) is 4.66. The summed E-state index contributed by atoms with van der Waals surface area (Å²) in [5, 5.41) is 8.25. The summed E-state index contributed by atoms with van der Waals surface area (Å²) in [7, 11) is 1.87. The number of fused-ring (bicyclic) bond motifs is 1. The zero-order chi connectivity index (χ0) is 19.1. The Balaban J connectivity index is 1.74. The molecule has 8 heteroatoms. The van der Waals surface area contributed by atoms with Gasteiger partial charge >= 0.3 is 0 Å². The van der Waals surface area contributed by atoms with Gasteiger partial charge in [-0.05, 0) is 44.2 Å². The average molecular weight is 401 g/mol. The second-order valence-electron chi connectivity index (χ2n) is 6.26. The SMILES string of the molecule is Cc1nc(CN(C(=O)c2cc3c(C)nn(C)c3s2)c2ccc(F)cc2)cs1. The lowest BCUT2D eigenvalue weighted by molar-refractivity contribution is 0.0988. The van der Waals surface area contributed by atoms with E-state index in [1.807, 2.05) is 32.3 Å². The molecule has 1 aromatic carbocycles. The van der Waals surface area contributed by atoms with Gasteiger partial charge in [0.2, 0.25) is 0 Å². The van der Waals surface area contributed by atoms with E-state index in [9.17, 15) is 9.18 Å². The second kappa shape index (κ2) is 6.86. The zero-order valence-corrected chi connectivity index (χ0v) is 16.7. The Morgan fingerprint density at radius 1 is 1.26 bits per heavy atom. The molecule has 138 valence electrons. The number of thiazole rings is 1. The number of thiophene rings is 1. The van der Waals surface area contributed by atoms with Crippen LogP contribution in [0.2, 0.25) is 0 Å². The number of hydrogen-bond acceptors (Lipinski definition) is 5. The maximum absolute atomic E-state index is 13.4. The van der Waals surface area contributed by atoms with Gasteiger partial charge in [0.25, 0.3) is 5.91 Å². The highest BCUT2D eigenvalue weighted by molar-refractivity contribution is 7.20. The number of carbonyl (C=O) groups excluding carboxylic acids is 1. The molecule has 0 aliphatic heterocycles. The summed E-state index contributed by atoms with van der Waals surface area (Å²) in [5.41, 5.74) is 2.35. The molecule has 0 atom stereocenters. The molecule has 0 spiro atoms. The minimum absolute atomic E-state index is 0.132. The Morgan fingerprint density at radius 3 is 2.63 bits per heavy atom. The molecule has 5 nitrogen and oxygen atoms in total. The lowest BCUT2D eigenvalue weighted by Crippen LogP contribution is -2.30. The highest BCUT2D eigenvalue weighted by Crippen LogP contribution is 2.30. The van der Waals surface area contributed by atoms with Gasteiger partial charge in [-0.1, -0.05) is 0 Å². The van der Waals surface area contributed by atoms with Gasteiger partial charge in [-0.3, -0.25) is 9.48 Å². The summed E-state index contributed by atoms with van der Waals surface area (Å²) < 4.78 is 15.2. The van der Waals surface area contributed by atoms with E-state index in [2.05, 4.69) is 10.1 Å². The van der Waals surface area contributed by atoms with E-state index in [0.717, 1.165) is 26.6 Å². The van der Waals surface area contributed by atoms with Crippen molar-refractivity contribution in [2.75, 3.05) is 4.90 Å². The smallest absolute Gasteiger partial charge is 0.268 e. The highest BCUT2D eigenvalue weighted by atomic mass is 32.1. The number of hydrogen-bond donors (Lipinski definition) is 0. The lowest BCUT2D eigenvalue weighted by Gasteiger charge is -2.21. The number of benzene rings is 1. The van der Waals surface area contributed by atoms with Crippen molar-refractivity contribution in [3.05, 3.63) is 62.8 Å². The first-order valence-corrected chi connectivity index (χ1v) is 10.0. The third-order valence-electron chi connectivity index (χ3n) is 4.28. The largest absolute Gasteiger partial charge is 0.302 e. The monoisotopic (exact) mass is 400 g/mol. The summed E-state index contributed by atoms with van der Waals surface area (Å²) >= 11 is 2.95. The van der Waals surface area contributed by atoms with Gasteiger partial charge in [0.15, 0.2) is 0 Å². The highest BCUT2D eigenvalue weighted by Gasteiger charge is 2.23. The predicted molar refractivity (Wildman–Crippen MR) is 107 cm³/mol. The number of rotatable bonds is 4. The molecule has 0 fully saturated rings. The van der Waals surface area contributed by atoms with Crippen molar-refractivity contribution in [1.29, 1.82) is 0 Å². The van der Waals surface area contributed by atoms with Crippen LogP contribution in [-0.2, 0) is 13.6 Å². The predicted octanol–water partition coefficient (Wildman–Crippen LogP) is 4.69. The van der Waals surface area contributed by atoms with Crippen LogP contribution in [0.3, 0.4) is 0 Å². The fourth-order valence-electron chi connectivity index (χ4n) is 2.99. The molecule has 0 aliphatic rings. The first kappa shape index (κ1) is 17.8. The van der Waals surface area contributed by atoms with Gasteiger partial charge < -0.3 is 4.90 Å². The van der Waals surface area contributed by atoms with Crippen molar-refractivity contribution in [3.63, 3.8) is 0 Å². The van der Waals surface area contributed by atoms with Crippen LogP contribution in [0, 0.1) is 19.7 Å². The molecule has 0 saturated heterocycles. The van der Waals surface area contributed by atoms with Gasteiger partial charge in [-0.25, -0.2) is 9.37 Å². The molecule has 4 aromatic rings. The van der Waals surface area contributed by atoms with Crippen LogP contribution >= 0.6 is 22.7 Å². The average Bonchev–Trinajstić information content (AvgIpc) is 3.32. The molecule has 0 bridgehead atoms. The van der Waals surface area contributed by atoms with Crippen molar-refractivity contribution < 1.29 is 9.18 Å². The van der Waals surface area contributed by atoms with Crippen LogP contribution in [0.15, 0.2) is 35.7 Å². The molecule has 3 aromatic heterocycles. The van der Waals surface area contributed by atoms with Crippen LogP contribution in [-0.4, -0.2) is 20.7 Å². The molecular weight excluding hydrogens is 383 g/mol. The van der Waals surface area contributed by atoms with E-state index >= 15 is 0 Å². The number of anilines is 1. The number of halogens is 1. The van der Waals surface area contributed by atoms with Crippen molar-refractivity contribution in [2.24, 2.45) is 7.05 Å². The first-order chi connectivity index (χ1) is 12.9. The van der Waals surface area contributed by atoms with Crippen LogP contribution in [0.25, 0.3) is 10.2 Å². The summed E-state index contributed by atoms with van der Waals surface area (Å²) in [6, 6.07) is 7.84. The standard InChI is InChI=1S/C19H17FN4OS2/c1-11-16-8-17(27-19(16)23(3)22-11)18(25)24(9-14-10-26-12(2)21-14)15-6-4-13(20)5-7-15/h4-8,10H,9H2,1-3H3. The summed E-state index contributed by atoms with van der Waals surface area (Å²) in [6.07, 6.45) is 0. The van der Waals surface area contributed by atoms with Crippen molar-refractivity contribution >= 4 is 44.5 Å². The Morgan fingerprint density at radius 2 is 2.00 bits per heavy atom. The molecule has 0 unspecified atom stereocenters. The summed E-state index contributed by atoms with van der Waals surface area (Å²) in [6.45, 7) is 4.19. The minimum atomic E-state index is -0.334. The van der Waals surface area contributed by atoms with Crippen LogP contribution in [0.1, 0.15) is 26.1 Å². The third kappa shape index (κ3) is 3.38. The number of aryl methyl sites for hydroxylation is 3. The maximum Gasteiger partial charge on any atom is 0.268 e. The van der Waals surface area contributed by atoms with Gasteiger partial charge in [-0.15, -0.1) is 22.7 Å². The van der Waals surface area contributed by atoms with Crippen molar-refractivity contribution in [3.8, 4) is 0 Å². The van der Waals surface area contributed by atoms with Crippen molar-refractivity contribution in [2.45, 2.75) is 20.4 Å². The number of nitrogens with zero attached hydrogens (tertiary/aromatic N) is 4. The zero-order valence-electron chi connectivity index (χ0n) is 15.1. The van der Waals surface area contributed by atoms with E-state index in [1.165, 1.54) is 23.5 Å². The first-order valence-electron chi connectivity index (χ1n) is 8.34. The second-order valence-corrected chi connectivity index (χ2v) is 8.36. The molecular formula is C19H17FN4OS2. The van der Waals surface area contributed by atoms with Gasteiger partial charge in [0.05, 0.1) is 27.8 Å². The molecule has 4 rings (SSSR count). The quantitative estimate of drug-likeness (QED) is 0.499. The van der Waals surface area contributed by atoms with E-state index in [1.54, 1.807) is 33.1 Å². The molecule has 0 N–H and O–H groups in total. The molecule has 1 amide bonds. The Labute approximate surface area is 163 Å². The topological polar surface area (TPSA) is 51.0 Å².